The first-order valence-corrected chi connectivity index (χ1v) is 9.97. The van der Waals surface area contributed by atoms with Gasteiger partial charge in [0.2, 0.25) is 0 Å². The maximum absolute atomic E-state index is 11.0. The van der Waals surface area contributed by atoms with Gasteiger partial charge in [-0.3, -0.25) is 9.78 Å². The van der Waals surface area contributed by atoms with Gasteiger partial charge in [-0.15, -0.1) is 6.20 Å². The number of aromatic nitrogens is 3. The molecule has 0 aromatic carbocycles. The fourth-order valence-corrected chi connectivity index (χ4v) is 2.47. The standard InChI is InChI=1S/C13H18N3O2Si.Y/c1-19(2,3)7-6-18-10-16-8-11(9-17)12-13(16)15-5-4-14-12;/h5,8-9H,6-7,10H2,1-3H3;/q-1;. The average Bonchev–Trinajstić information content (AvgIpc) is 2.72. The van der Waals surface area contributed by atoms with Gasteiger partial charge >= 0.3 is 0 Å². The fourth-order valence-electron chi connectivity index (χ4n) is 1.71. The van der Waals surface area contributed by atoms with E-state index in [1.807, 2.05) is 4.57 Å². The quantitative estimate of drug-likeness (QED) is 0.341. The number of carbonyl (C=O) groups excluding carboxylic acids is 1. The molecule has 0 aliphatic heterocycles. The predicted octanol–water partition coefficient (Wildman–Crippen LogP) is 2.35. The molecule has 0 N–H and O–H groups in total. The molecule has 0 aliphatic carbocycles. The second kappa shape index (κ2) is 7.54. The van der Waals surface area contributed by atoms with Gasteiger partial charge in [0.1, 0.15) is 13.0 Å². The van der Waals surface area contributed by atoms with Crippen molar-refractivity contribution in [3.05, 3.63) is 24.2 Å². The van der Waals surface area contributed by atoms with E-state index in [4.69, 9.17) is 4.74 Å². The van der Waals surface area contributed by atoms with Crippen LogP contribution in [0.15, 0.2) is 12.4 Å². The number of hydrogen-bond acceptors (Lipinski definition) is 4. The normalized spacial score (nSPS) is 11.3. The molecule has 0 unspecified atom stereocenters. The third-order valence-electron chi connectivity index (χ3n) is 2.83. The summed E-state index contributed by atoms with van der Waals surface area (Å²) in [6, 6.07) is 1.12. The van der Waals surface area contributed by atoms with Gasteiger partial charge in [0.15, 0.2) is 0 Å². The summed E-state index contributed by atoms with van der Waals surface area (Å²) >= 11 is 0. The largest absolute Gasteiger partial charge is 0.447 e. The van der Waals surface area contributed by atoms with Crippen LogP contribution in [0.2, 0.25) is 25.7 Å². The number of rotatable bonds is 6. The third kappa shape index (κ3) is 4.55. The molecule has 2 heterocycles. The Balaban J connectivity index is 0.00000200. The number of hydrogen-bond donors (Lipinski definition) is 0. The van der Waals surface area contributed by atoms with Crippen molar-refractivity contribution in [3.63, 3.8) is 0 Å². The van der Waals surface area contributed by atoms with E-state index in [-0.39, 0.29) is 32.7 Å². The molecule has 2 rings (SSSR count). The molecule has 0 aliphatic rings. The maximum atomic E-state index is 11.0. The van der Waals surface area contributed by atoms with E-state index in [2.05, 4.69) is 35.8 Å². The molecule has 7 heteroatoms. The van der Waals surface area contributed by atoms with Crippen LogP contribution in [0, 0.1) is 6.20 Å². The zero-order valence-electron chi connectivity index (χ0n) is 12.1. The van der Waals surface area contributed by atoms with Crippen molar-refractivity contribution in [2.24, 2.45) is 0 Å². The molecule has 2 aromatic rings. The number of fused-ring (bicyclic) bond motifs is 1. The SMILES string of the molecule is C[Si](C)(C)CCOCn1cc(C=O)c2n[c-]cnc21.[Y]. The first-order chi connectivity index (χ1) is 9.01. The van der Waals surface area contributed by atoms with Crippen LogP contribution in [-0.2, 0) is 44.2 Å². The van der Waals surface area contributed by atoms with Crippen LogP contribution in [-0.4, -0.2) is 35.5 Å². The fraction of sp³-hybridized carbons (Fsp3) is 0.462. The van der Waals surface area contributed by atoms with E-state index in [1.54, 1.807) is 6.20 Å². The molecular weight excluding hydrogens is 347 g/mol. The molecule has 0 saturated heterocycles. The van der Waals surface area contributed by atoms with Crippen molar-refractivity contribution < 1.29 is 42.2 Å². The Kier molecular flexibility index (Phi) is 6.65. The summed E-state index contributed by atoms with van der Waals surface area (Å²) < 4.78 is 7.48. The van der Waals surface area contributed by atoms with Crippen LogP contribution in [0.3, 0.4) is 0 Å². The van der Waals surface area contributed by atoms with Gasteiger partial charge in [-0.1, -0.05) is 19.6 Å². The Morgan fingerprint density at radius 3 is 2.85 bits per heavy atom. The van der Waals surface area contributed by atoms with Gasteiger partial charge in [-0.2, -0.15) is 0 Å². The van der Waals surface area contributed by atoms with Crippen LogP contribution >= 0.6 is 0 Å². The molecule has 0 fully saturated rings. The minimum atomic E-state index is -1.07. The number of ether oxygens (including phenoxy) is 1. The van der Waals surface area contributed by atoms with Crippen molar-refractivity contribution >= 4 is 25.5 Å². The van der Waals surface area contributed by atoms with Crippen LogP contribution in [0.4, 0.5) is 0 Å². The first-order valence-electron chi connectivity index (χ1n) is 6.26. The minimum Gasteiger partial charge on any atom is -0.447 e. The molecule has 5 nitrogen and oxygen atoms in total. The molecule has 0 spiro atoms. The molecule has 20 heavy (non-hydrogen) atoms. The summed E-state index contributed by atoms with van der Waals surface area (Å²) in [4.78, 5) is 19.2. The van der Waals surface area contributed by atoms with Crippen molar-refractivity contribution in [1.29, 1.82) is 0 Å². The Labute approximate surface area is 145 Å². The van der Waals surface area contributed by atoms with Crippen molar-refractivity contribution in [2.45, 2.75) is 32.4 Å². The Hall–Kier alpha value is -0.429. The molecule has 0 amide bonds. The van der Waals surface area contributed by atoms with Crippen LogP contribution in [0.25, 0.3) is 11.2 Å². The Bertz CT molecular complexity index is 580. The molecular formula is C13H18N3O2SiY-. The van der Waals surface area contributed by atoms with Crippen molar-refractivity contribution in [3.8, 4) is 0 Å². The molecule has 0 atom stereocenters. The van der Waals surface area contributed by atoms with Crippen LogP contribution in [0.1, 0.15) is 10.4 Å². The maximum Gasteiger partial charge on any atom is 0.135 e. The molecule has 1 radical (unpaired) electrons. The van der Waals surface area contributed by atoms with Crippen LogP contribution in [0.5, 0.6) is 0 Å². The van der Waals surface area contributed by atoms with Gasteiger partial charge in [0.25, 0.3) is 0 Å². The van der Waals surface area contributed by atoms with Gasteiger partial charge in [-0.05, 0) is 23.3 Å². The zero-order valence-corrected chi connectivity index (χ0v) is 15.9. The van der Waals surface area contributed by atoms with E-state index in [0.717, 1.165) is 18.9 Å². The van der Waals surface area contributed by atoms with Crippen LogP contribution < -0.4 is 0 Å². The number of nitrogens with zero attached hydrogens (tertiary/aromatic N) is 3. The van der Waals surface area contributed by atoms with Gasteiger partial charge in [0.05, 0.1) is 5.65 Å². The average molecular weight is 365 g/mol. The second-order valence-corrected chi connectivity index (χ2v) is 11.3. The van der Waals surface area contributed by atoms with Gasteiger partial charge in [-0.25, -0.2) is 0 Å². The molecule has 0 bridgehead atoms. The number of carbonyl (C=O) groups is 1. The predicted molar refractivity (Wildman–Crippen MR) is 75.9 cm³/mol. The summed E-state index contributed by atoms with van der Waals surface area (Å²) in [5, 5.41) is 0. The topological polar surface area (TPSA) is 57.0 Å². The third-order valence-corrected chi connectivity index (χ3v) is 4.53. The molecule has 0 saturated carbocycles. The monoisotopic (exact) mass is 365 g/mol. The Morgan fingerprint density at radius 1 is 1.45 bits per heavy atom. The Morgan fingerprint density at radius 2 is 2.20 bits per heavy atom. The van der Waals surface area contributed by atoms with Gasteiger partial charge in [0, 0.05) is 53.6 Å². The summed E-state index contributed by atoms with van der Waals surface area (Å²) in [5.41, 5.74) is 1.76. The summed E-state index contributed by atoms with van der Waals surface area (Å²) in [6.45, 7) is 8.07. The van der Waals surface area contributed by atoms with E-state index >= 15 is 0 Å². The minimum absolute atomic E-state index is 0. The van der Waals surface area contributed by atoms with E-state index in [1.165, 1.54) is 6.20 Å². The first kappa shape index (κ1) is 17.6. The molecule has 2 aromatic heterocycles. The second-order valence-electron chi connectivity index (χ2n) is 5.69. The van der Waals surface area contributed by atoms with Crippen molar-refractivity contribution in [1.82, 2.24) is 14.5 Å². The van der Waals surface area contributed by atoms with E-state index < -0.39 is 8.07 Å². The van der Waals surface area contributed by atoms with E-state index in [9.17, 15) is 4.79 Å². The van der Waals surface area contributed by atoms with Gasteiger partial charge < -0.3 is 14.3 Å². The van der Waals surface area contributed by atoms with E-state index in [0.29, 0.717) is 23.5 Å². The summed E-state index contributed by atoms with van der Waals surface area (Å²) in [6.07, 6.45) is 6.64. The van der Waals surface area contributed by atoms with Crippen molar-refractivity contribution in [2.75, 3.05) is 6.61 Å². The smallest absolute Gasteiger partial charge is 0.135 e. The zero-order chi connectivity index (χ0) is 13.9. The summed E-state index contributed by atoms with van der Waals surface area (Å²) in [7, 11) is -1.07. The molecule has 105 valence electrons. The number of aldehydes is 1. The summed E-state index contributed by atoms with van der Waals surface area (Å²) in [5.74, 6) is 0.